The van der Waals surface area contributed by atoms with Gasteiger partial charge in [0.2, 0.25) is 5.88 Å². The number of fused-ring (bicyclic) bond motifs is 2. The molecule has 0 saturated carbocycles. The minimum absolute atomic E-state index is 0.114. The number of amides is 1. The lowest BCUT2D eigenvalue weighted by atomic mass is 10.1. The Bertz CT molecular complexity index is 1500. The molecule has 4 aromatic carbocycles. The second-order valence-electron chi connectivity index (χ2n) is 7.82. The first kappa shape index (κ1) is 20.5. The fraction of sp³-hybridized carbons (Fsp3) is 0.0741. The molecule has 0 radical (unpaired) electrons. The number of aryl methyl sites for hydroxylation is 1. The zero-order valence-corrected chi connectivity index (χ0v) is 17.9. The molecule has 0 spiro atoms. The van der Waals surface area contributed by atoms with E-state index in [1.807, 2.05) is 73.7 Å². The van der Waals surface area contributed by atoms with Gasteiger partial charge in [-0.1, -0.05) is 60.7 Å². The molecule has 1 heterocycles. The Labute approximate surface area is 190 Å². The summed E-state index contributed by atoms with van der Waals surface area (Å²) in [4.78, 5) is 15.4. The lowest BCUT2D eigenvalue weighted by Crippen LogP contribution is -1.98. The standard InChI is InChI=1S/C27H21N3O3/c1-17-5-4-8-23-24(17)28-27(32)25(23)29-30-26(31)20-11-9-18(10-12-20)16-33-22-14-13-19-6-2-3-7-21(19)15-22/h2-15,28,32H,16H2,1H3. The highest BCUT2D eigenvalue weighted by Crippen LogP contribution is 2.36. The van der Waals surface area contributed by atoms with Gasteiger partial charge in [0.25, 0.3) is 5.91 Å². The molecule has 2 N–H and O–H groups in total. The van der Waals surface area contributed by atoms with Crippen LogP contribution in [0.15, 0.2) is 95.2 Å². The quantitative estimate of drug-likeness (QED) is 0.296. The number of hydrogen-bond donors (Lipinski definition) is 2. The van der Waals surface area contributed by atoms with Gasteiger partial charge in [0.15, 0.2) is 5.69 Å². The maximum Gasteiger partial charge on any atom is 0.295 e. The van der Waals surface area contributed by atoms with E-state index in [0.717, 1.165) is 33.2 Å². The molecule has 1 aromatic heterocycles. The number of benzene rings is 4. The molecule has 0 atom stereocenters. The third-order valence-electron chi connectivity index (χ3n) is 5.56. The van der Waals surface area contributed by atoms with Crippen LogP contribution in [0.4, 0.5) is 5.69 Å². The third-order valence-corrected chi connectivity index (χ3v) is 5.56. The van der Waals surface area contributed by atoms with Gasteiger partial charge in [-0.2, -0.15) is 0 Å². The fourth-order valence-electron chi connectivity index (χ4n) is 3.76. The summed E-state index contributed by atoms with van der Waals surface area (Å²) in [5.74, 6) is 0.187. The third kappa shape index (κ3) is 4.19. The van der Waals surface area contributed by atoms with Gasteiger partial charge in [0.1, 0.15) is 12.4 Å². The number of nitrogens with zero attached hydrogens (tertiary/aromatic N) is 2. The van der Waals surface area contributed by atoms with E-state index in [1.165, 1.54) is 0 Å². The number of para-hydroxylation sites is 1. The number of hydrogen-bond acceptors (Lipinski definition) is 4. The fourth-order valence-corrected chi connectivity index (χ4v) is 3.76. The van der Waals surface area contributed by atoms with Crippen LogP contribution in [-0.2, 0) is 6.61 Å². The van der Waals surface area contributed by atoms with Crippen LogP contribution in [-0.4, -0.2) is 16.0 Å². The van der Waals surface area contributed by atoms with Crippen molar-refractivity contribution in [3.8, 4) is 11.6 Å². The topological polar surface area (TPSA) is 87.0 Å². The van der Waals surface area contributed by atoms with E-state index in [9.17, 15) is 9.90 Å². The smallest absolute Gasteiger partial charge is 0.295 e. The number of aromatic nitrogens is 1. The molecule has 5 rings (SSSR count). The molecular weight excluding hydrogens is 414 g/mol. The van der Waals surface area contributed by atoms with Gasteiger partial charge in [-0.15, -0.1) is 10.2 Å². The number of carbonyl (C=O) groups is 1. The molecule has 0 fully saturated rings. The molecule has 0 aliphatic heterocycles. The molecule has 0 aliphatic rings. The predicted molar refractivity (Wildman–Crippen MR) is 128 cm³/mol. The lowest BCUT2D eigenvalue weighted by Gasteiger charge is -2.08. The Morgan fingerprint density at radius 3 is 2.55 bits per heavy atom. The van der Waals surface area contributed by atoms with E-state index in [0.29, 0.717) is 17.6 Å². The number of rotatable bonds is 5. The Balaban J connectivity index is 1.27. The minimum atomic E-state index is -0.488. The van der Waals surface area contributed by atoms with Crippen molar-refractivity contribution in [1.29, 1.82) is 0 Å². The normalized spacial score (nSPS) is 11.4. The average Bonchev–Trinajstić information content (AvgIpc) is 3.17. The second-order valence-corrected chi connectivity index (χ2v) is 7.82. The van der Waals surface area contributed by atoms with E-state index >= 15 is 0 Å². The molecule has 0 aliphatic carbocycles. The molecule has 0 saturated heterocycles. The van der Waals surface area contributed by atoms with Crippen LogP contribution in [0.25, 0.3) is 21.7 Å². The molecule has 0 unspecified atom stereocenters. The summed E-state index contributed by atoms with van der Waals surface area (Å²) in [7, 11) is 0. The van der Waals surface area contributed by atoms with Gasteiger partial charge in [-0.25, -0.2) is 0 Å². The summed E-state index contributed by atoms with van der Waals surface area (Å²) in [5, 5.41) is 21.0. The molecule has 33 heavy (non-hydrogen) atoms. The molecule has 0 bridgehead atoms. The number of H-pyrrole nitrogens is 1. The van der Waals surface area contributed by atoms with Gasteiger partial charge < -0.3 is 14.8 Å². The Hall–Kier alpha value is -4.45. The van der Waals surface area contributed by atoms with Crippen molar-refractivity contribution in [2.24, 2.45) is 10.2 Å². The van der Waals surface area contributed by atoms with Crippen LogP contribution >= 0.6 is 0 Å². The van der Waals surface area contributed by atoms with Crippen molar-refractivity contribution in [2.45, 2.75) is 13.5 Å². The second kappa shape index (κ2) is 8.59. The highest BCUT2D eigenvalue weighted by atomic mass is 16.5. The first-order chi connectivity index (χ1) is 16.1. The van der Waals surface area contributed by atoms with Crippen LogP contribution < -0.4 is 4.74 Å². The highest BCUT2D eigenvalue weighted by Gasteiger charge is 2.13. The number of ether oxygens (including phenoxy) is 1. The summed E-state index contributed by atoms with van der Waals surface area (Å²) in [6, 6.07) is 26.8. The number of carbonyl (C=O) groups excluding carboxylic acids is 1. The first-order valence-corrected chi connectivity index (χ1v) is 10.6. The molecule has 6 nitrogen and oxygen atoms in total. The largest absolute Gasteiger partial charge is 0.493 e. The van der Waals surface area contributed by atoms with E-state index in [4.69, 9.17) is 4.74 Å². The monoisotopic (exact) mass is 435 g/mol. The van der Waals surface area contributed by atoms with Gasteiger partial charge in [0.05, 0.1) is 5.52 Å². The average molecular weight is 435 g/mol. The van der Waals surface area contributed by atoms with Gasteiger partial charge in [-0.3, -0.25) is 4.79 Å². The van der Waals surface area contributed by atoms with Crippen LogP contribution in [0.3, 0.4) is 0 Å². The molecule has 1 amide bonds. The van der Waals surface area contributed by atoms with Crippen molar-refractivity contribution in [2.75, 3.05) is 0 Å². The Kier molecular flexibility index (Phi) is 5.32. The van der Waals surface area contributed by atoms with Gasteiger partial charge in [0, 0.05) is 10.9 Å². The van der Waals surface area contributed by atoms with Crippen molar-refractivity contribution in [1.82, 2.24) is 4.98 Å². The van der Waals surface area contributed by atoms with Crippen molar-refractivity contribution >= 4 is 33.3 Å². The Morgan fingerprint density at radius 1 is 0.939 bits per heavy atom. The van der Waals surface area contributed by atoms with Crippen LogP contribution in [0.1, 0.15) is 21.5 Å². The van der Waals surface area contributed by atoms with E-state index in [1.54, 1.807) is 12.1 Å². The first-order valence-electron chi connectivity index (χ1n) is 10.6. The molecular formula is C27H21N3O3. The summed E-state index contributed by atoms with van der Waals surface area (Å²) in [6.07, 6.45) is 0. The zero-order valence-electron chi connectivity index (χ0n) is 17.9. The maximum absolute atomic E-state index is 12.5. The zero-order chi connectivity index (χ0) is 22.8. The lowest BCUT2D eigenvalue weighted by molar-refractivity contribution is 0.0995. The molecule has 6 heteroatoms. The van der Waals surface area contributed by atoms with Crippen molar-refractivity contribution in [3.05, 3.63) is 102 Å². The summed E-state index contributed by atoms with van der Waals surface area (Å²) in [6.45, 7) is 2.31. The number of aromatic hydroxyl groups is 1. The van der Waals surface area contributed by atoms with E-state index in [-0.39, 0.29) is 11.6 Å². The summed E-state index contributed by atoms with van der Waals surface area (Å²) >= 11 is 0. The summed E-state index contributed by atoms with van der Waals surface area (Å²) in [5.41, 5.74) is 3.33. The van der Waals surface area contributed by atoms with Gasteiger partial charge >= 0.3 is 0 Å². The van der Waals surface area contributed by atoms with E-state index in [2.05, 4.69) is 21.3 Å². The van der Waals surface area contributed by atoms with E-state index < -0.39 is 5.91 Å². The van der Waals surface area contributed by atoms with Crippen molar-refractivity contribution < 1.29 is 14.6 Å². The van der Waals surface area contributed by atoms with Gasteiger partial charge in [-0.05, 0) is 53.1 Å². The number of nitrogens with one attached hydrogen (secondary N) is 1. The van der Waals surface area contributed by atoms with Crippen LogP contribution in [0.5, 0.6) is 11.6 Å². The SMILES string of the molecule is Cc1cccc2c(N=NC(=O)c3ccc(COc4ccc5ccccc5c4)cc3)c(O)[nH]c12. The molecule has 5 aromatic rings. The van der Waals surface area contributed by atoms with Crippen molar-refractivity contribution in [3.63, 3.8) is 0 Å². The highest BCUT2D eigenvalue weighted by molar-refractivity contribution is 5.97. The minimum Gasteiger partial charge on any atom is -0.493 e. The maximum atomic E-state index is 12.5. The van der Waals surface area contributed by atoms with Crippen LogP contribution in [0, 0.1) is 6.92 Å². The number of aromatic amines is 1. The Morgan fingerprint density at radius 2 is 1.73 bits per heavy atom. The van der Waals surface area contributed by atoms with Crippen LogP contribution in [0.2, 0.25) is 0 Å². The predicted octanol–water partition coefficient (Wildman–Crippen LogP) is 6.84. The molecule has 162 valence electrons. The number of azo groups is 1. The summed E-state index contributed by atoms with van der Waals surface area (Å²) < 4.78 is 5.90.